The second kappa shape index (κ2) is 7.33. The number of hydrogen-bond donors (Lipinski definition) is 1. The van der Waals surface area contributed by atoms with Crippen LogP contribution in [0.4, 0.5) is 0 Å². The summed E-state index contributed by atoms with van der Waals surface area (Å²) < 4.78 is 5.01. The second-order valence-corrected chi connectivity index (χ2v) is 4.73. The van der Waals surface area contributed by atoms with Crippen LogP contribution in [0.2, 0.25) is 0 Å². The Kier molecular flexibility index (Phi) is 5.22. The Labute approximate surface area is 132 Å². The van der Waals surface area contributed by atoms with E-state index in [2.05, 4.69) is 0 Å². The summed E-state index contributed by atoms with van der Waals surface area (Å²) in [5, 5.41) is 21.3. The van der Waals surface area contributed by atoms with E-state index in [4.69, 9.17) is 4.74 Å². The molecule has 1 N–H and O–H groups in total. The van der Waals surface area contributed by atoms with Crippen molar-refractivity contribution in [3.05, 3.63) is 81.5 Å². The van der Waals surface area contributed by atoms with Crippen molar-refractivity contribution < 1.29 is 19.6 Å². The van der Waals surface area contributed by atoms with Crippen molar-refractivity contribution in [2.24, 2.45) is 0 Å². The van der Waals surface area contributed by atoms with E-state index in [9.17, 15) is 20.0 Å². The Morgan fingerprint density at radius 1 is 1.17 bits per heavy atom. The predicted molar refractivity (Wildman–Crippen MR) is 84.7 cm³/mol. The fourth-order valence-electron chi connectivity index (χ4n) is 2.00. The zero-order valence-electron chi connectivity index (χ0n) is 12.4. The number of aliphatic hydroxyl groups excluding tert-OH is 1. The topological polar surface area (TPSA) is 89.7 Å². The molecule has 2 rings (SSSR count). The number of Topliss-reactive ketones (excluding diaryl/α,β-unsaturated/α-hetero) is 1. The van der Waals surface area contributed by atoms with Crippen molar-refractivity contribution in [3.8, 4) is 5.75 Å². The lowest BCUT2D eigenvalue weighted by atomic mass is 10.0. The van der Waals surface area contributed by atoms with E-state index in [1.165, 1.54) is 25.3 Å². The number of nitro groups is 1. The number of methoxy groups -OCH3 is 1. The quantitative estimate of drug-likeness (QED) is 0.503. The molecule has 0 fully saturated rings. The van der Waals surface area contributed by atoms with Gasteiger partial charge in [0.1, 0.15) is 5.75 Å². The highest BCUT2D eigenvalue weighted by molar-refractivity contribution is 6.01. The van der Waals surface area contributed by atoms with Gasteiger partial charge in [-0.25, -0.2) is 0 Å². The Bertz CT molecular complexity index is 722. The molecule has 1 atom stereocenters. The number of hydrogen-bond acceptors (Lipinski definition) is 5. The van der Waals surface area contributed by atoms with Gasteiger partial charge in [0.2, 0.25) is 11.9 Å². The maximum absolute atomic E-state index is 12.2. The molecule has 0 aliphatic rings. The van der Waals surface area contributed by atoms with Crippen LogP contribution in [0, 0.1) is 10.1 Å². The molecule has 0 heterocycles. The molecule has 2 aromatic carbocycles. The van der Waals surface area contributed by atoms with Crippen molar-refractivity contribution >= 4 is 11.9 Å². The first-order valence-corrected chi connectivity index (χ1v) is 6.80. The maximum atomic E-state index is 12.2. The number of ketones is 1. The molecule has 6 heteroatoms. The highest BCUT2D eigenvalue weighted by Crippen LogP contribution is 2.17. The van der Waals surface area contributed by atoms with Gasteiger partial charge in [-0.15, -0.1) is 0 Å². The molecule has 6 nitrogen and oxygen atoms in total. The van der Waals surface area contributed by atoms with Gasteiger partial charge in [-0.1, -0.05) is 42.5 Å². The summed E-state index contributed by atoms with van der Waals surface area (Å²) >= 11 is 0. The molecule has 0 radical (unpaired) electrons. The fraction of sp³-hybridized carbons (Fsp3) is 0.118. The zero-order valence-corrected chi connectivity index (χ0v) is 12.4. The summed E-state index contributed by atoms with van der Waals surface area (Å²) in [6.07, 6.45) is -0.667. The van der Waals surface area contributed by atoms with Crippen molar-refractivity contribution in [3.63, 3.8) is 0 Å². The SMILES string of the molecule is COc1ccc(/C=C(/C(O)C(=O)c2ccccc2)[N+](=O)[O-])cc1. The number of ether oxygens (including phenoxy) is 1. The molecule has 0 saturated carbocycles. The summed E-state index contributed by atoms with van der Waals surface area (Å²) in [5.74, 6) is -0.118. The Morgan fingerprint density at radius 3 is 2.30 bits per heavy atom. The molecule has 0 bridgehead atoms. The molecule has 1 unspecified atom stereocenters. The van der Waals surface area contributed by atoms with E-state index >= 15 is 0 Å². The van der Waals surface area contributed by atoms with Gasteiger partial charge in [-0.3, -0.25) is 14.9 Å². The van der Waals surface area contributed by atoms with Crippen LogP contribution in [-0.4, -0.2) is 29.0 Å². The Morgan fingerprint density at radius 2 is 1.78 bits per heavy atom. The molecule has 2 aromatic rings. The van der Waals surface area contributed by atoms with Crippen LogP contribution in [-0.2, 0) is 0 Å². The van der Waals surface area contributed by atoms with E-state index in [1.54, 1.807) is 42.5 Å². The number of nitrogens with zero attached hydrogens (tertiary/aromatic N) is 1. The van der Waals surface area contributed by atoms with Gasteiger partial charge in [-0.2, -0.15) is 0 Å². The third-order valence-corrected chi connectivity index (χ3v) is 3.23. The van der Waals surface area contributed by atoms with Crippen molar-refractivity contribution in [2.45, 2.75) is 6.10 Å². The van der Waals surface area contributed by atoms with E-state index in [-0.39, 0.29) is 5.56 Å². The molecule has 0 aliphatic heterocycles. The minimum Gasteiger partial charge on any atom is -0.497 e. The highest BCUT2D eigenvalue weighted by Gasteiger charge is 2.30. The first-order valence-electron chi connectivity index (χ1n) is 6.80. The van der Waals surface area contributed by atoms with Gasteiger partial charge in [0.05, 0.1) is 12.0 Å². The molecular weight excluding hydrogens is 298 g/mol. The van der Waals surface area contributed by atoms with Crippen molar-refractivity contribution in [1.82, 2.24) is 0 Å². The van der Waals surface area contributed by atoms with Crippen molar-refractivity contribution in [1.29, 1.82) is 0 Å². The molecule has 0 aliphatic carbocycles. The summed E-state index contributed by atoms with van der Waals surface area (Å²) in [4.78, 5) is 22.6. The normalized spacial score (nSPS) is 12.5. The number of benzene rings is 2. The van der Waals surface area contributed by atoms with Crippen LogP contribution in [0.1, 0.15) is 15.9 Å². The first kappa shape index (κ1) is 16.4. The van der Waals surface area contributed by atoms with Gasteiger partial charge in [0.15, 0.2) is 0 Å². The van der Waals surface area contributed by atoms with Crippen LogP contribution in [0.15, 0.2) is 60.3 Å². The zero-order chi connectivity index (χ0) is 16.8. The van der Waals surface area contributed by atoms with Gasteiger partial charge in [-0.05, 0) is 17.7 Å². The molecular formula is C17H15NO5. The largest absolute Gasteiger partial charge is 0.497 e. The van der Waals surface area contributed by atoms with Crippen LogP contribution >= 0.6 is 0 Å². The monoisotopic (exact) mass is 313 g/mol. The second-order valence-electron chi connectivity index (χ2n) is 4.73. The minimum absolute atomic E-state index is 0.211. The van der Waals surface area contributed by atoms with Crippen LogP contribution in [0.5, 0.6) is 5.75 Å². The van der Waals surface area contributed by atoms with E-state index in [0.29, 0.717) is 11.3 Å². The first-order chi connectivity index (χ1) is 11.0. The van der Waals surface area contributed by atoms with Gasteiger partial charge in [0, 0.05) is 11.6 Å². The lowest BCUT2D eigenvalue weighted by Crippen LogP contribution is -2.26. The average Bonchev–Trinajstić information content (AvgIpc) is 2.59. The molecule has 0 aromatic heterocycles. The minimum atomic E-state index is -1.84. The lowest BCUT2D eigenvalue weighted by molar-refractivity contribution is -0.431. The highest BCUT2D eigenvalue weighted by atomic mass is 16.6. The maximum Gasteiger partial charge on any atom is 0.283 e. The third-order valence-electron chi connectivity index (χ3n) is 3.23. The lowest BCUT2D eigenvalue weighted by Gasteiger charge is -2.08. The summed E-state index contributed by atoms with van der Waals surface area (Å²) in [6, 6.07) is 14.4. The number of aliphatic hydroxyl groups is 1. The summed E-state index contributed by atoms with van der Waals surface area (Å²) in [7, 11) is 1.51. The number of carbonyl (C=O) groups is 1. The molecule has 118 valence electrons. The fourth-order valence-corrected chi connectivity index (χ4v) is 2.00. The van der Waals surface area contributed by atoms with Crippen LogP contribution in [0.25, 0.3) is 6.08 Å². The molecule has 0 saturated heterocycles. The van der Waals surface area contributed by atoms with Gasteiger partial charge < -0.3 is 9.84 Å². The van der Waals surface area contributed by atoms with Gasteiger partial charge in [0.25, 0.3) is 5.70 Å². The smallest absolute Gasteiger partial charge is 0.283 e. The van der Waals surface area contributed by atoms with E-state index in [1.807, 2.05) is 0 Å². The third kappa shape index (κ3) is 4.02. The van der Waals surface area contributed by atoms with Crippen LogP contribution in [0.3, 0.4) is 0 Å². The standard InChI is InChI=1S/C17H15NO5/c1-23-14-9-7-12(8-10-14)11-15(18(21)22)17(20)16(19)13-5-3-2-4-6-13/h2-11,17,20H,1H3/b15-11-. The van der Waals surface area contributed by atoms with Crippen LogP contribution < -0.4 is 4.74 Å². The van der Waals surface area contributed by atoms with Crippen molar-refractivity contribution in [2.75, 3.05) is 7.11 Å². The average molecular weight is 313 g/mol. The Balaban J connectivity index is 2.31. The number of carbonyl (C=O) groups excluding carboxylic acids is 1. The Hall–Kier alpha value is -2.99. The predicted octanol–water partition coefficient (Wildman–Crippen LogP) is 2.56. The summed E-state index contributed by atoms with van der Waals surface area (Å²) in [6.45, 7) is 0. The number of rotatable bonds is 6. The van der Waals surface area contributed by atoms with E-state index in [0.717, 1.165) is 0 Å². The summed E-state index contributed by atoms with van der Waals surface area (Å²) in [5.41, 5.74) is 0.115. The van der Waals surface area contributed by atoms with Gasteiger partial charge >= 0.3 is 0 Å². The van der Waals surface area contributed by atoms with E-state index < -0.39 is 22.5 Å². The molecule has 0 spiro atoms. The molecule has 23 heavy (non-hydrogen) atoms. The molecule has 0 amide bonds.